The normalized spacial score (nSPS) is 31.5. The average Bonchev–Trinajstić information content (AvgIpc) is 3.03. The highest BCUT2D eigenvalue weighted by Gasteiger charge is 2.72. The summed E-state index contributed by atoms with van der Waals surface area (Å²) in [4.78, 5) is 18.6. The standard InChI is InChI=1S/C25H22N6/c1-24-16-10-6-4-8-14(16)21(26)29-25(24,2)20(24)19-15-9-5-7-11-17(15)31-18-12-27-13-28-22(18)30(3)23(19)31/h4-13,23H,1-3H3,(H2,26,29)/b20-19+. The van der Waals surface area contributed by atoms with Gasteiger partial charge < -0.3 is 15.5 Å². The Morgan fingerprint density at radius 2 is 1.71 bits per heavy atom. The quantitative estimate of drug-likeness (QED) is 0.618. The molecule has 1 aliphatic carbocycles. The number of amidine groups is 1. The summed E-state index contributed by atoms with van der Waals surface area (Å²) < 4.78 is 0. The van der Waals surface area contributed by atoms with Crippen LogP contribution in [0.1, 0.15) is 30.5 Å². The highest BCUT2D eigenvalue weighted by molar-refractivity contribution is 6.07. The number of aromatic nitrogens is 2. The van der Waals surface area contributed by atoms with Gasteiger partial charge in [-0.05, 0) is 31.1 Å². The van der Waals surface area contributed by atoms with Crippen LogP contribution in [0.25, 0.3) is 5.57 Å². The van der Waals surface area contributed by atoms with Gasteiger partial charge in [-0.1, -0.05) is 42.5 Å². The zero-order valence-electron chi connectivity index (χ0n) is 17.7. The first-order valence-corrected chi connectivity index (χ1v) is 10.6. The zero-order chi connectivity index (χ0) is 21.1. The van der Waals surface area contributed by atoms with Crippen molar-refractivity contribution in [2.45, 2.75) is 31.0 Å². The van der Waals surface area contributed by atoms with Gasteiger partial charge in [-0.15, -0.1) is 0 Å². The summed E-state index contributed by atoms with van der Waals surface area (Å²) in [5, 5.41) is 0. The van der Waals surface area contributed by atoms with Crippen molar-refractivity contribution >= 4 is 28.6 Å². The van der Waals surface area contributed by atoms with Crippen LogP contribution in [-0.4, -0.2) is 34.6 Å². The third-order valence-electron chi connectivity index (χ3n) is 7.84. The molecular formula is C25H22N6. The maximum absolute atomic E-state index is 6.45. The lowest BCUT2D eigenvalue weighted by Crippen LogP contribution is -2.36. The number of rotatable bonds is 0. The van der Waals surface area contributed by atoms with Crippen LogP contribution in [0.5, 0.6) is 0 Å². The molecule has 3 aliphatic heterocycles. The number of likely N-dealkylation sites (N-methyl/N-ethyl adjacent to an activating group) is 1. The Balaban J connectivity index is 1.55. The van der Waals surface area contributed by atoms with Crippen molar-refractivity contribution in [3.63, 3.8) is 0 Å². The van der Waals surface area contributed by atoms with Crippen LogP contribution in [-0.2, 0) is 5.41 Å². The lowest BCUT2D eigenvalue weighted by molar-refractivity contribution is 0.602. The van der Waals surface area contributed by atoms with E-state index in [1.807, 2.05) is 12.3 Å². The van der Waals surface area contributed by atoms with Crippen molar-refractivity contribution in [2.24, 2.45) is 10.7 Å². The van der Waals surface area contributed by atoms with Crippen molar-refractivity contribution in [1.29, 1.82) is 0 Å². The van der Waals surface area contributed by atoms with Gasteiger partial charge in [0, 0.05) is 29.2 Å². The monoisotopic (exact) mass is 406 g/mol. The number of aliphatic imine (C=N–C) groups is 1. The van der Waals surface area contributed by atoms with E-state index >= 15 is 0 Å². The zero-order valence-corrected chi connectivity index (χ0v) is 17.7. The number of hydrogen-bond donors (Lipinski definition) is 1. The Labute approximate surface area is 180 Å². The summed E-state index contributed by atoms with van der Waals surface area (Å²) in [6.07, 6.45) is 3.57. The fraction of sp³-hybridized carbons (Fsp3) is 0.240. The fourth-order valence-corrected chi connectivity index (χ4v) is 6.29. The highest BCUT2D eigenvalue weighted by atomic mass is 15.5. The van der Waals surface area contributed by atoms with E-state index < -0.39 is 0 Å². The molecule has 6 heteroatoms. The largest absolute Gasteiger partial charge is 0.383 e. The molecule has 3 aromatic rings. The molecule has 3 unspecified atom stereocenters. The molecule has 2 aromatic carbocycles. The first kappa shape index (κ1) is 17.1. The SMILES string of the molecule is CN1c2ncncc2N2c3ccccc3/C(=C3\C4(C)N=C(N)c5ccccc5C34C)C12. The highest BCUT2D eigenvalue weighted by Crippen LogP contribution is 2.71. The van der Waals surface area contributed by atoms with Gasteiger partial charge in [0.25, 0.3) is 0 Å². The molecule has 31 heavy (non-hydrogen) atoms. The molecule has 0 amide bonds. The van der Waals surface area contributed by atoms with Crippen LogP contribution >= 0.6 is 0 Å². The molecule has 1 saturated carbocycles. The molecule has 0 spiro atoms. The summed E-state index contributed by atoms with van der Waals surface area (Å²) in [6.45, 7) is 4.54. The van der Waals surface area contributed by atoms with Gasteiger partial charge in [0.05, 0.1) is 17.4 Å². The molecular weight excluding hydrogens is 384 g/mol. The number of benzene rings is 2. The number of nitrogens with zero attached hydrogens (tertiary/aromatic N) is 5. The van der Waals surface area contributed by atoms with Crippen LogP contribution in [0.15, 0.2) is 71.6 Å². The van der Waals surface area contributed by atoms with Gasteiger partial charge in [-0.3, -0.25) is 4.99 Å². The molecule has 152 valence electrons. The molecule has 3 atom stereocenters. The predicted molar refractivity (Wildman–Crippen MR) is 123 cm³/mol. The van der Waals surface area contributed by atoms with Crippen LogP contribution in [0.3, 0.4) is 0 Å². The molecule has 0 radical (unpaired) electrons. The summed E-state index contributed by atoms with van der Waals surface area (Å²) in [5.41, 5.74) is 14.4. The van der Waals surface area contributed by atoms with E-state index in [-0.39, 0.29) is 17.1 Å². The maximum atomic E-state index is 6.45. The molecule has 4 heterocycles. The Bertz CT molecular complexity index is 1370. The van der Waals surface area contributed by atoms with Crippen molar-refractivity contribution in [1.82, 2.24) is 9.97 Å². The second kappa shape index (κ2) is 5.14. The molecule has 2 N–H and O–H groups in total. The molecule has 4 aliphatic rings. The number of fused-ring (bicyclic) bond motifs is 8. The van der Waals surface area contributed by atoms with Crippen molar-refractivity contribution in [3.05, 3.63) is 83.3 Å². The van der Waals surface area contributed by atoms with Gasteiger partial charge in [0.15, 0.2) is 5.82 Å². The van der Waals surface area contributed by atoms with E-state index in [1.54, 1.807) is 6.33 Å². The molecule has 6 nitrogen and oxygen atoms in total. The molecule has 1 fully saturated rings. The average molecular weight is 406 g/mol. The first-order valence-electron chi connectivity index (χ1n) is 10.6. The lowest BCUT2D eigenvalue weighted by atomic mass is 9.86. The molecule has 0 saturated heterocycles. The van der Waals surface area contributed by atoms with Gasteiger partial charge in [0.2, 0.25) is 0 Å². The summed E-state index contributed by atoms with van der Waals surface area (Å²) in [7, 11) is 2.12. The lowest BCUT2D eigenvalue weighted by Gasteiger charge is -2.25. The number of anilines is 3. The van der Waals surface area contributed by atoms with E-state index in [0.29, 0.717) is 5.84 Å². The number of hydrogen-bond acceptors (Lipinski definition) is 6. The molecule has 7 rings (SSSR count). The number of para-hydroxylation sites is 1. The van der Waals surface area contributed by atoms with E-state index in [2.05, 4.69) is 83.1 Å². The predicted octanol–water partition coefficient (Wildman–Crippen LogP) is 3.61. The summed E-state index contributed by atoms with van der Waals surface area (Å²) in [5.74, 6) is 1.58. The van der Waals surface area contributed by atoms with Crippen LogP contribution in [0.2, 0.25) is 0 Å². The van der Waals surface area contributed by atoms with Crippen molar-refractivity contribution in [2.75, 3.05) is 16.8 Å². The van der Waals surface area contributed by atoms with E-state index in [4.69, 9.17) is 10.7 Å². The molecule has 0 bridgehead atoms. The van der Waals surface area contributed by atoms with Gasteiger partial charge >= 0.3 is 0 Å². The van der Waals surface area contributed by atoms with Gasteiger partial charge in [-0.25, -0.2) is 9.97 Å². The summed E-state index contributed by atoms with van der Waals surface area (Å²) in [6, 6.07) is 17.1. The van der Waals surface area contributed by atoms with Crippen LogP contribution in [0, 0.1) is 0 Å². The second-order valence-corrected chi connectivity index (χ2v) is 9.13. The van der Waals surface area contributed by atoms with E-state index in [9.17, 15) is 0 Å². The Morgan fingerprint density at radius 1 is 0.968 bits per heavy atom. The van der Waals surface area contributed by atoms with Gasteiger partial charge in [0.1, 0.15) is 24.0 Å². The van der Waals surface area contributed by atoms with E-state index in [0.717, 1.165) is 17.1 Å². The van der Waals surface area contributed by atoms with Crippen molar-refractivity contribution in [3.8, 4) is 0 Å². The van der Waals surface area contributed by atoms with Crippen LogP contribution in [0.4, 0.5) is 17.2 Å². The Kier molecular flexibility index (Phi) is 2.83. The van der Waals surface area contributed by atoms with Gasteiger partial charge in [-0.2, -0.15) is 0 Å². The Hall–Kier alpha value is -3.67. The minimum atomic E-state index is -0.356. The Morgan fingerprint density at radius 3 is 2.55 bits per heavy atom. The summed E-state index contributed by atoms with van der Waals surface area (Å²) >= 11 is 0. The maximum Gasteiger partial charge on any atom is 0.157 e. The fourth-order valence-electron chi connectivity index (χ4n) is 6.29. The minimum Gasteiger partial charge on any atom is -0.383 e. The van der Waals surface area contributed by atoms with Crippen LogP contribution < -0.4 is 15.5 Å². The van der Waals surface area contributed by atoms with E-state index in [1.165, 1.54) is 28.0 Å². The minimum absolute atomic E-state index is 0.0296. The molecule has 1 aromatic heterocycles. The first-order chi connectivity index (χ1) is 15.0. The smallest absolute Gasteiger partial charge is 0.157 e. The van der Waals surface area contributed by atoms with Crippen molar-refractivity contribution < 1.29 is 0 Å². The third-order valence-corrected chi connectivity index (χ3v) is 7.84. The topological polar surface area (TPSA) is 70.6 Å². The third kappa shape index (κ3) is 1.72. The second-order valence-electron chi connectivity index (χ2n) is 9.13. The number of nitrogens with two attached hydrogens (primary N) is 1.